The fourth-order valence-corrected chi connectivity index (χ4v) is 5.11. The summed E-state index contributed by atoms with van der Waals surface area (Å²) in [5.41, 5.74) is -0.278. The maximum Gasteiger partial charge on any atom is 0.328 e. The minimum atomic E-state index is -2.02. The predicted molar refractivity (Wildman–Crippen MR) is 122 cm³/mol. The normalized spacial score (nSPS) is 23.6. The Bertz CT molecular complexity index is 887. The topological polar surface area (TPSA) is 96.4 Å². The minimum Gasteiger partial charge on any atom is -0.497 e. The lowest BCUT2D eigenvalue weighted by Crippen LogP contribution is -2.61. The van der Waals surface area contributed by atoms with E-state index in [9.17, 15) is 19.5 Å². The number of rotatable bonds is 8. The number of carbonyl (C=O) groups is 3. The fraction of sp³-hybridized carbons (Fsp3) is 0.609. The highest BCUT2D eigenvalue weighted by Crippen LogP contribution is 2.48. The number of hydrogen-bond acceptors (Lipinski definition) is 5. The van der Waals surface area contributed by atoms with Crippen molar-refractivity contribution in [1.29, 1.82) is 0 Å². The number of amides is 3. The van der Waals surface area contributed by atoms with Gasteiger partial charge in [-0.3, -0.25) is 14.5 Å². The highest BCUT2D eigenvalue weighted by Gasteiger charge is 2.64. The number of hydrogen-bond donors (Lipinski definition) is 1. The SMILES string of the molecule is COc1ccc(CN2C(=O)N(CCO[Si](C)(C)C(C)(C)C)[C@]3(C[C@@H](C(=O)O)C3)C2=O)cc1. The number of ether oxygens (including phenoxy) is 1. The maximum absolute atomic E-state index is 13.4. The summed E-state index contributed by atoms with van der Waals surface area (Å²) in [6, 6.07) is 6.82. The highest BCUT2D eigenvalue weighted by molar-refractivity contribution is 6.74. The van der Waals surface area contributed by atoms with Gasteiger partial charge in [0.2, 0.25) is 0 Å². The van der Waals surface area contributed by atoms with Crippen LogP contribution in [0.2, 0.25) is 18.1 Å². The summed E-state index contributed by atoms with van der Waals surface area (Å²) >= 11 is 0. The van der Waals surface area contributed by atoms with Gasteiger partial charge in [-0.1, -0.05) is 32.9 Å². The molecule has 0 atom stereocenters. The number of aliphatic carboxylic acids is 1. The van der Waals surface area contributed by atoms with E-state index in [1.807, 2.05) is 12.1 Å². The molecule has 1 aliphatic heterocycles. The van der Waals surface area contributed by atoms with Crippen molar-refractivity contribution in [2.24, 2.45) is 5.92 Å². The second kappa shape index (κ2) is 8.51. The van der Waals surface area contributed by atoms with E-state index in [4.69, 9.17) is 9.16 Å². The lowest BCUT2D eigenvalue weighted by atomic mass is 9.67. The number of carboxylic acids is 1. The maximum atomic E-state index is 13.4. The van der Waals surface area contributed by atoms with Crippen molar-refractivity contribution >= 4 is 26.2 Å². The molecule has 0 radical (unpaired) electrons. The third-order valence-electron chi connectivity index (χ3n) is 7.22. The van der Waals surface area contributed by atoms with Crippen LogP contribution in [0.5, 0.6) is 5.75 Å². The van der Waals surface area contributed by atoms with E-state index in [1.54, 1.807) is 24.1 Å². The molecule has 1 aliphatic carbocycles. The van der Waals surface area contributed by atoms with E-state index >= 15 is 0 Å². The van der Waals surface area contributed by atoms with E-state index in [0.29, 0.717) is 12.4 Å². The third kappa shape index (κ3) is 4.28. The number of methoxy groups -OCH3 is 1. The molecular formula is C23H34N2O6Si. The van der Waals surface area contributed by atoms with Crippen LogP contribution in [-0.2, 0) is 20.6 Å². The fourth-order valence-electron chi connectivity index (χ4n) is 4.08. The first-order valence-corrected chi connectivity index (χ1v) is 13.9. The van der Waals surface area contributed by atoms with Crippen molar-refractivity contribution in [2.45, 2.75) is 63.8 Å². The molecule has 1 heterocycles. The van der Waals surface area contributed by atoms with Crippen LogP contribution in [0, 0.1) is 5.92 Å². The van der Waals surface area contributed by atoms with Gasteiger partial charge in [-0.25, -0.2) is 4.79 Å². The summed E-state index contributed by atoms with van der Waals surface area (Å²) in [5.74, 6) is -1.17. The monoisotopic (exact) mass is 462 g/mol. The van der Waals surface area contributed by atoms with Crippen molar-refractivity contribution in [3.63, 3.8) is 0 Å². The number of benzene rings is 1. The average Bonchev–Trinajstić information content (AvgIpc) is 2.88. The van der Waals surface area contributed by atoms with Gasteiger partial charge >= 0.3 is 12.0 Å². The standard InChI is InChI=1S/C23H34N2O6Si/c1-22(2,3)32(5,6)31-12-11-25-21(29)24(15-16-7-9-18(30-4)10-8-16)20(28)23(25)13-17(14-23)19(26)27/h7-10,17H,11-15H2,1-6H3,(H,26,27)/t17-,23+. The van der Waals surface area contributed by atoms with Crippen LogP contribution in [0.3, 0.4) is 0 Å². The molecule has 1 spiro atoms. The van der Waals surface area contributed by atoms with Gasteiger partial charge in [0.05, 0.1) is 26.2 Å². The Kier molecular flexibility index (Phi) is 6.45. The molecule has 176 valence electrons. The first-order chi connectivity index (χ1) is 14.8. The van der Waals surface area contributed by atoms with E-state index in [1.165, 1.54) is 4.90 Å². The lowest BCUT2D eigenvalue weighted by molar-refractivity contribution is -0.155. The Hall–Kier alpha value is -2.39. The minimum absolute atomic E-state index is 0.0286. The highest BCUT2D eigenvalue weighted by atomic mass is 28.4. The van der Waals surface area contributed by atoms with Crippen LogP contribution in [0.1, 0.15) is 39.2 Å². The van der Waals surface area contributed by atoms with Crippen molar-refractivity contribution in [3.8, 4) is 5.75 Å². The second-order valence-electron chi connectivity index (χ2n) is 10.3. The largest absolute Gasteiger partial charge is 0.497 e. The van der Waals surface area contributed by atoms with Gasteiger partial charge < -0.3 is 19.2 Å². The van der Waals surface area contributed by atoms with Crippen LogP contribution < -0.4 is 4.74 Å². The number of nitrogens with zero attached hydrogens (tertiary/aromatic N) is 2. The van der Waals surface area contributed by atoms with Gasteiger partial charge in [-0.15, -0.1) is 0 Å². The van der Waals surface area contributed by atoms with Crippen molar-refractivity contribution < 1.29 is 28.7 Å². The van der Waals surface area contributed by atoms with Gasteiger partial charge in [0.25, 0.3) is 5.91 Å². The molecule has 1 aromatic rings. The number of imide groups is 1. The Morgan fingerprint density at radius 1 is 1.19 bits per heavy atom. The van der Waals surface area contributed by atoms with Crippen LogP contribution in [-0.4, -0.2) is 66.9 Å². The molecule has 3 amide bonds. The Morgan fingerprint density at radius 2 is 1.78 bits per heavy atom. The Labute approximate surface area is 190 Å². The molecular weight excluding hydrogens is 428 g/mol. The van der Waals surface area contributed by atoms with Crippen LogP contribution in [0.4, 0.5) is 4.79 Å². The van der Waals surface area contributed by atoms with E-state index in [2.05, 4.69) is 33.9 Å². The van der Waals surface area contributed by atoms with Gasteiger partial charge in [0, 0.05) is 6.54 Å². The average molecular weight is 463 g/mol. The molecule has 0 bridgehead atoms. The summed E-state index contributed by atoms with van der Waals surface area (Å²) in [4.78, 5) is 40.9. The summed E-state index contributed by atoms with van der Waals surface area (Å²) in [7, 11) is -0.440. The molecule has 1 aromatic carbocycles. The summed E-state index contributed by atoms with van der Waals surface area (Å²) < 4.78 is 11.4. The molecule has 0 aromatic heterocycles. The van der Waals surface area contributed by atoms with Crippen LogP contribution >= 0.6 is 0 Å². The first kappa shape index (κ1) is 24.3. The summed E-state index contributed by atoms with van der Waals surface area (Å²) in [5, 5.41) is 9.41. The molecule has 0 unspecified atom stereocenters. The summed E-state index contributed by atoms with van der Waals surface area (Å²) in [6.07, 6.45) is 0.290. The zero-order chi connectivity index (χ0) is 23.9. The zero-order valence-corrected chi connectivity index (χ0v) is 20.8. The number of carbonyl (C=O) groups excluding carboxylic acids is 2. The lowest BCUT2D eigenvalue weighted by Gasteiger charge is -2.46. The van der Waals surface area contributed by atoms with Crippen LogP contribution in [0.15, 0.2) is 24.3 Å². The third-order valence-corrected chi connectivity index (χ3v) is 11.8. The number of carboxylic acid groups (broad SMARTS) is 1. The Morgan fingerprint density at radius 3 is 2.28 bits per heavy atom. The number of urea groups is 1. The van der Waals surface area contributed by atoms with Gasteiger partial charge in [-0.2, -0.15) is 0 Å². The van der Waals surface area contributed by atoms with Gasteiger partial charge in [0.1, 0.15) is 11.3 Å². The van der Waals surface area contributed by atoms with E-state index in [0.717, 1.165) is 5.56 Å². The molecule has 1 N–H and O–H groups in total. The molecule has 1 saturated carbocycles. The van der Waals surface area contributed by atoms with Crippen LogP contribution in [0.25, 0.3) is 0 Å². The van der Waals surface area contributed by atoms with Crippen molar-refractivity contribution in [1.82, 2.24) is 9.80 Å². The molecule has 3 rings (SSSR count). The molecule has 32 heavy (non-hydrogen) atoms. The molecule has 2 aliphatic rings. The predicted octanol–water partition coefficient (Wildman–Crippen LogP) is 3.71. The van der Waals surface area contributed by atoms with E-state index in [-0.39, 0.29) is 42.9 Å². The first-order valence-electron chi connectivity index (χ1n) is 11.0. The van der Waals surface area contributed by atoms with E-state index < -0.39 is 25.7 Å². The zero-order valence-electron chi connectivity index (χ0n) is 19.8. The van der Waals surface area contributed by atoms with Crippen molar-refractivity contribution in [3.05, 3.63) is 29.8 Å². The summed E-state index contributed by atoms with van der Waals surface area (Å²) in [6.45, 7) is 11.4. The molecule has 2 fully saturated rings. The van der Waals surface area contributed by atoms with Crippen molar-refractivity contribution in [2.75, 3.05) is 20.3 Å². The van der Waals surface area contributed by atoms with Gasteiger partial charge in [0.15, 0.2) is 8.32 Å². The van der Waals surface area contributed by atoms with Gasteiger partial charge in [-0.05, 0) is 48.7 Å². The molecule has 1 saturated heterocycles. The second-order valence-corrected chi connectivity index (χ2v) is 15.1. The molecule has 8 nitrogen and oxygen atoms in total. The molecule has 9 heteroatoms. The smallest absolute Gasteiger partial charge is 0.328 e. The Balaban J connectivity index is 1.78. The quantitative estimate of drug-likeness (QED) is 0.467.